The lowest BCUT2D eigenvalue weighted by atomic mass is 9.99. The molecule has 23 heavy (non-hydrogen) atoms. The fraction of sp³-hybridized carbons (Fsp3) is 0.533. The number of nitrogens with one attached hydrogen (secondary N) is 1. The average Bonchev–Trinajstić information content (AvgIpc) is 2.52. The molecule has 1 aliphatic rings. The third-order valence-corrected chi connectivity index (χ3v) is 4.88. The van der Waals surface area contributed by atoms with Gasteiger partial charge in [-0.15, -0.1) is 0 Å². The molecule has 1 aromatic rings. The van der Waals surface area contributed by atoms with Gasteiger partial charge in [0.15, 0.2) is 0 Å². The van der Waals surface area contributed by atoms with Crippen molar-refractivity contribution in [2.45, 2.75) is 19.4 Å². The maximum absolute atomic E-state index is 12.2. The number of carbonyl (C=O) groups excluding carboxylic acids is 1. The quantitative estimate of drug-likeness (QED) is 0.831. The van der Waals surface area contributed by atoms with Gasteiger partial charge in [-0.1, -0.05) is 12.1 Å². The van der Waals surface area contributed by atoms with Crippen LogP contribution in [0.25, 0.3) is 0 Å². The van der Waals surface area contributed by atoms with E-state index in [4.69, 9.17) is 9.88 Å². The Bertz CT molecular complexity index is 640. The number of piperidine rings is 1. The van der Waals surface area contributed by atoms with Crippen LogP contribution in [0.4, 0.5) is 4.79 Å². The zero-order valence-corrected chi connectivity index (χ0v) is 14.0. The molecule has 2 rings (SSSR count). The van der Waals surface area contributed by atoms with E-state index in [9.17, 15) is 13.2 Å². The van der Waals surface area contributed by atoms with Crippen LogP contribution in [-0.2, 0) is 16.6 Å². The van der Waals surface area contributed by atoms with Crippen LogP contribution in [0.15, 0.2) is 24.3 Å². The van der Waals surface area contributed by atoms with Crippen molar-refractivity contribution in [3.63, 3.8) is 0 Å². The van der Waals surface area contributed by atoms with Gasteiger partial charge in [-0.3, -0.25) is 0 Å². The molecule has 1 fully saturated rings. The van der Waals surface area contributed by atoms with Crippen LogP contribution in [0, 0.1) is 5.92 Å². The number of methoxy groups -OCH3 is 1. The molecule has 1 saturated heterocycles. The Kier molecular flexibility index (Phi) is 5.84. The summed E-state index contributed by atoms with van der Waals surface area (Å²) >= 11 is 0. The normalized spacial score (nSPS) is 16.2. The maximum atomic E-state index is 12.2. The van der Waals surface area contributed by atoms with Gasteiger partial charge < -0.3 is 15.0 Å². The molecule has 0 radical (unpaired) electrons. The molecule has 0 spiro atoms. The number of hydrogen-bond acceptors (Lipinski definition) is 4. The van der Waals surface area contributed by atoms with Crippen molar-refractivity contribution < 1.29 is 17.9 Å². The summed E-state index contributed by atoms with van der Waals surface area (Å²) in [5, 5.41) is 7.94. The molecule has 1 heterocycles. The lowest BCUT2D eigenvalue weighted by molar-refractivity contribution is 0.174. The first-order valence-electron chi connectivity index (χ1n) is 7.53. The van der Waals surface area contributed by atoms with E-state index >= 15 is 0 Å². The number of sulfonamides is 1. The molecule has 1 aliphatic heterocycles. The topological polar surface area (TPSA) is 102 Å². The number of likely N-dealkylation sites (tertiary alicyclic amines) is 1. The third kappa shape index (κ3) is 5.72. The summed E-state index contributed by atoms with van der Waals surface area (Å²) in [6, 6.07) is 7.38. The fourth-order valence-electron chi connectivity index (χ4n) is 2.70. The van der Waals surface area contributed by atoms with E-state index in [2.05, 4.69) is 5.32 Å². The lowest BCUT2D eigenvalue weighted by Gasteiger charge is -2.31. The molecule has 0 bridgehead atoms. The van der Waals surface area contributed by atoms with Crippen LogP contribution in [0.3, 0.4) is 0 Å². The molecule has 0 aromatic heterocycles. The molecule has 7 nitrogen and oxygen atoms in total. The minimum Gasteiger partial charge on any atom is -0.497 e. The zero-order valence-electron chi connectivity index (χ0n) is 13.2. The van der Waals surface area contributed by atoms with Gasteiger partial charge in [-0.2, -0.15) is 0 Å². The van der Waals surface area contributed by atoms with Crippen molar-refractivity contribution in [1.82, 2.24) is 10.2 Å². The highest BCUT2D eigenvalue weighted by Crippen LogP contribution is 2.18. The Labute approximate surface area is 136 Å². The predicted octanol–water partition coefficient (Wildman–Crippen LogP) is 0.905. The number of amides is 2. The number of urea groups is 1. The first-order chi connectivity index (χ1) is 10.9. The average molecular weight is 341 g/mol. The maximum Gasteiger partial charge on any atom is 0.317 e. The number of nitrogens with two attached hydrogens (primary N) is 1. The van der Waals surface area contributed by atoms with Gasteiger partial charge in [-0.25, -0.2) is 18.4 Å². The molecule has 0 unspecified atom stereocenters. The van der Waals surface area contributed by atoms with Gasteiger partial charge in [0.1, 0.15) is 5.75 Å². The van der Waals surface area contributed by atoms with Crippen LogP contribution >= 0.6 is 0 Å². The van der Waals surface area contributed by atoms with E-state index in [-0.39, 0.29) is 17.7 Å². The molecule has 0 saturated carbocycles. The van der Waals surface area contributed by atoms with Crippen LogP contribution in [-0.4, -0.2) is 45.3 Å². The second kappa shape index (κ2) is 7.65. The molecule has 2 amide bonds. The standard InChI is InChI=1S/C15H23N3O4S/c1-22-14-4-2-3-13(9-14)10-17-15(19)18-7-5-12(6-8-18)11-23(16,20)21/h2-4,9,12H,5-8,10-11H2,1H3,(H,17,19)(H2,16,20,21). The van der Waals surface area contributed by atoms with Crippen LogP contribution in [0.5, 0.6) is 5.75 Å². The second-order valence-electron chi connectivity index (χ2n) is 5.77. The molecular weight excluding hydrogens is 318 g/mol. The van der Waals surface area contributed by atoms with Crippen LogP contribution < -0.4 is 15.2 Å². The third-order valence-electron chi connectivity index (χ3n) is 3.95. The van der Waals surface area contributed by atoms with E-state index < -0.39 is 10.0 Å². The highest BCUT2D eigenvalue weighted by Gasteiger charge is 2.25. The van der Waals surface area contributed by atoms with Crippen molar-refractivity contribution >= 4 is 16.1 Å². The SMILES string of the molecule is COc1cccc(CNC(=O)N2CCC(CS(N)(=O)=O)CC2)c1. The highest BCUT2D eigenvalue weighted by molar-refractivity contribution is 7.89. The predicted molar refractivity (Wildman–Crippen MR) is 87.5 cm³/mol. The van der Waals surface area contributed by atoms with Crippen molar-refractivity contribution in [3.8, 4) is 5.75 Å². The summed E-state index contributed by atoms with van der Waals surface area (Å²) in [6.07, 6.45) is 1.31. The first kappa shape index (κ1) is 17.6. The molecule has 8 heteroatoms. The number of benzene rings is 1. The van der Waals surface area contributed by atoms with Crippen molar-refractivity contribution in [2.24, 2.45) is 11.1 Å². The summed E-state index contributed by atoms with van der Waals surface area (Å²) in [5.74, 6) is 0.778. The van der Waals surface area contributed by atoms with Crippen LogP contribution in [0.1, 0.15) is 18.4 Å². The summed E-state index contributed by atoms with van der Waals surface area (Å²) in [5.41, 5.74) is 0.960. The summed E-state index contributed by atoms with van der Waals surface area (Å²) in [6.45, 7) is 1.52. The molecular formula is C15H23N3O4S. The van der Waals surface area contributed by atoms with Gasteiger partial charge in [0.2, 0.25) is 10.0 Å². The van der Waals surface area contributed by atoms with Crippen molar-refractivity contribution in [3.05, 3.63) is 29.8 Å². The van der Waals surface area contributed by atoms with E-state index in [0.717, 1.165) is 11.3 Å². The first-order valence-corrected chi connectivity index (χ1v) is 9.25. The number of carbonyl (C=O) groups is 1. The molecule has 128 valence electrons. The summed E-state index contributed by atoms with van der Waals surface area (Å²) in [4.78, 5) is 13.9. The fourth-order valence-corrected chi connectivity index (χ4v) is 3.69. The van der Waals surface area contributed by atoms with Crippen molar-refractivity contribution in [1.29, 1.82) is 0 Å². The van der Waals surface area contributed by atoms with Gasteiger partial charge in [0.25, 0.3) is 0 Å². The minimum absolute atomic E-state index is 0.00767. The Morgan fingerprint density at radius 2 is 2.09 bits per heavy atom. The van der Waals surface area contributed by atoms with Gasteiger partial charge in [0, 0.05) is 19.6 Å². The molecule has 1 aromatic carbocycles. The van der Waals surface area contributed by atoms with Crippen molar-refractivity contribution in [2.75, 3.05) is 26.0 Å². The second-order valence-corrected chi connectivity index (χ2v) is 7.43. The number of nitrogens with zero attached hydrogens (tertiary/aromatic N) is 1. The molecule has 3 N–H and O–H groups in total. The van der Waals surface area contributed by atoms with E-state index in [1.54, 1.807) is 12.0 Å². The monoisotopic (exact) mass is 341 g/mol. The summed E-state index contributed by atoms with van der Waals surface area (Å²) < 4.78 is 27.3. The van der Waals surface area contributed by atoms with E-state index in [0.29, 0.717) is 32.5 Å². The Morgan fingerprint density at radius 1 is 1.39 bits per heavy atom. The molecule has 0 atom stereocenters. The Hall–Kier alpha value is -1.80. The number of ether oxygens (including phenoxy) is 1. The van der Waals surface area contributed by atoms with Gasteiger partial charge >= 0.3 is 6.03 Å². The van der Waals surface area contributed by atoms with Gasteiger partial charge in [0.05, 0.1) is 12.9 Å². The smallest absolute Gasteiger partial charge is 0.317 e. The summed E-state index contributed by atoms with van der Waals surface area (Å²) in [7, 11) is -1.84. The Morgan fingerprint density at radius 3 is 2.70 bits per heavy atom. The number of hydrogen-bond donors (Lipinski definition) is 2. The minimum atomic E-state index is -3.45. The number of primary sulfonamides is 1. The largest absolute Gasteiger partial charge is 0.497 e. The Balaban J connectivity index is 1.79. The zero-order chi connectivity index (χ0) is 16.9. The lowest BCUT2D eigenvalue weighted by Crippen LogP contribution is -2.45. The van der Waals surface area contributed by atoms with Crippen LogP contribution in [0.2, 0.25) is 0 Å². The van der Waals surface area contributed by atoms with E-state index in [1.165, 1.54) is 0 Å². The van der Waals surface area contributed by atoms with Gasteiger partial charge in [-0.05, 0) is 36.5 Å². The molecule has 0 aliphatic carbocycles. The highest BCUT2D eigenvalue weighted by atomic mass is 32.2. The van der Waals surface area contributed by atoms with E-state index in [1.807, 2.05) is 24.3 Å². The number of rotatable bonds is 5.